The topological polar surface area (TPSA) is 70.4 Å². The molecule has 1 amide bonds. The molecule has 0 unspecified atom stereocenters. The number of nitrogens with zero attached hydrogens (tertiary/aromatic N) is 7. The Bertz CT molecular complexity index is 1250. The molecule has 2 aromatic heterocycles. The molecule has 2 fully saturated rings. The Morgan fingerprint density at radius 3 is 2.64 bits per heavy atom. The molecule has 170 valence electrons. The van der Waals surface area contributed by atoms with Crippen molar-refractivity contribution in [2.24, 2.45) is 5.41 Å². The van der Waals surface area contributed by atoms with Crippen molar-refractivity contribution in [3.8, 4) is 5.69 Å². The predicted molar refractivity (Wildman–Crippen MR) is 122 cm³/mol. The second-order valence-corrected chi connectivity index (χ2v) is 9.60. The fourth-order valence-electron chi connectivity index (χ4n) is 5.20. The zero-order valence-corrected chi connectivity index (χ0v) is 19.0. The van der Waals surface area contributed by atoms with Gasteiger partial charge in [-0.05, 0) is 35.9 Å². The quantitative estimate of drug-likeness (QED) is 0.551. The Hall–Kier alpha value is -3.20. The summed E-state index contributed by atoms with van der Waals surface area (Å²) < 4.78 is 15.5. The molecule has 10 heteroatoms. The third-order valence-electron chi connectivity index (χ3n) is 6.76. The average molecular weight is 468 g/mol. The van der Waals surface area contributed by atoms with Crippen LogP contribution in [-0.4, -0.2) is 56.7 Å². The minimum Gasteiger partial charge on any atom is -0.355 e. The summed E-state index contributed by atoms with van der Waals surface area (Å²) >= 11 is 6.28. The number of halogens is 2. The van der Waals surface area contributed by atoms with E-state index in [1.165, 1.54) is 6.07 Å². The number of benzene rings is 1. The van der Waals surface area contributed by atoms with E-state index in [-0.39, 0.29) is 11.3 Å². The van der Waals surface area contributed by atoms with E-state index in [0.717, 1.165) is 49.2 Å². The van der Waals surface area contributed by atoms with Crippen LogP contribution in [0.15, 0.2) is 36.4 Å². The highest BCUT2D eigenvalue weighted by Gasteiger charge is 2.53. The SMILES string of the molecule is CCC(=O)N1Cc2cc(Cl)ccc2-n2c(nnc2N2CC3(CN(c4cccc(F)n4)C3)C2)C1. The van der Waals surface area contributed by atoms with E-state index in [0.29, 0.717) is 30.4 Å². The van der Waals surface area contributed by atoms with Crippen LogP contribution in [0.25, 0.3) is 5.69 Å². The molecular formula is C23H23ClFN7O. The van der Waals surface area contributed by atoms with Gasteiger partial charge in [0, 0.05) is 49.6 Å². The lowest BCUT2D eigenvalue weighted by atomic mass is 9.73. The van der Waals surface area contributed by atoms with E-state index in [1.54, 1.807) is 11.0 Å². The Labute approximate surface area is 195 Å². The summed E-state index contributed by atoms with van der Waals surface area (Å²) in [7, 11) is 0. The van der Waals surface area contributed by atoms with Crippen LogP contribution in [0.1, 0.15) is 24.7 Å². The Kier molecular flexibility index (Phi) is 4.58. The van der Waals surface area contributed by atoms with Gasteiger partial charge in [0.25, 0.3) is 0 Å². The van der Waals surface area contributed by atoms with Crippen LogP contribution in [0.3, 0.4) is 0 Å². The molecule has 2 saturated heterocycles. The standard InChI is InChI=1S/C23H23ClFN7O/c1-2-21(33)29-9-15-8-16(24)6-7-17(15)32-20(10-29)27-28-22(32)31-13-23(14-31)11-30(12-23)19-5-3-4-18(25)26-19/h3-8H,2,9-14H2,1H3. The number of rotatable bonds is 3. The first kappa shape index (κ1) is 20.4. The summed E-state index contributed by atoms with van der Waals surface area (Å²) in [5.74, 6) is 1.83. The van der Waals surface area contributed by atoms with Crippen molar-refractivity contribution in [3.05, 3.63) is 58.8 Å². The zero-order valence-electron chi connectivity index (χ0n) is 18.2. The minimum atomic E-state index is -0.454. The van der Waals surface area contributed by atoms with Gasteiger partial charge in [0.15, 0.2) is 5.82 Å². The summed E-state index contributed by atoms with van der Waals surface area (Å²) in [5.41, 5.74) is 2.09. The number of amides is 1. The number of carbonyl (C=O) groups is 1. The summed E-state index contributed by atoms with van der Waals surface area (Å²) in [4.78, 5) is 22.7. The van der Waals surface area contributed by atoms with Crippen molar-refractivity contribution in [2.45, 2.75) is 26.4 Å². The van der Waals surface area contributed by atoms with Crippen LogP contribution in [0.5, 0.6) is 0 Å². The van der Waals surface area contributed by atoms with Crippen molar-refractivity contribution in [2.75, 3.05) is 36.0 Å². The molecule has 0 bridgehead atoms. The molecule has 8 nitrogen and oxygen atoms in total. The second kappa shape index (κ2) is 7.41. The molecule has 33 heavy (non-hydrogen) atoms. The van der Waals surface area contributed by atoms with Crippen LogP contribution in [-0.2, 0) is 17.9 Å². The fraction of sp³-hybridized carbons (Fsp3) is 0.391. The maximum atomic E-state index is 13.5. The highest BCUT2D eigenvalue weighted by molar-refractivity contribution is 6.30. The molecule has 1 spiro atoms. The van der Waals surface area contributed by atoms with Crippen LogP contribution >= 0.6 is 11.6 Å². The Balaban J connectivity index is 1.25. The molecular weight excluding hydrogens is 445 g/mol. The number of hydrogen-bond acceptors (Lipinski definition) is 6. The number of carbonyl (C=O) groups excluding carboxylic acids is 1. The van der Waals surface area contributed by atoms with Crippen LogP contribution in [0.4, 0.5) is 16.2 Å². The van der Waals surface area contributed by atoms with Gasteiger partial charge in [-0.1, -0.05) is 24.6 Å². The molecule has 0 N–H and O–H groups in total. The van der Waals surface area contributed by atoms with E-state index in [9.17, 15) is 9.18 Å². The van der Waals surface area contributed by atoms with E-state index < -0.39 is 5.95 Å². The van der Waals surface area contributed by atoms with Gasteiger partial charge in [0.05, 0.1) is 12.2 Å². The zero-order chi connectivity index (χ0) is 22.7. The lowest BCUT2D eigenvalue weighted by molar-refractivity contribution is -0.132. The van der Waals surface area contributed by atoms with E-state index in [1.807, 2.05) is 31.2 Å². The van der Waals surface area contributed by atoms with Crippen molar-refractivity contribution < 1.29 is 9.18 Å². The third-order valence-corrected chi connectivity index (χ3v) is 6.99. The van der Waals surface area contributed by atoms with Crippen molar-refractivity contribution >= 4 is 29.3 Å². The van der Waals surface area contributed by atoms with E-state index >= 15 is 0 Å². The summed E-state index contributed by atoms with van der Waals surface area (Å²) in [5, 5.41) is 9.60. The molecule has 3 aliphatic rings. The summed E-state index contributed by atoms with van der Waals surface area (Å²) in [6.07, 6.45) is 0.433. The highest BCUT2D eigenvalue weighted by atomic mass is 35.5. The van der Waals surface area contributed by atoms with Gasteiger partial charge >= 0.3 is 0 Å². The molecule has 5 heterocycles. The maximum Gasteiger partial charge on any atom is 0.232 e. The van der Waals surface area contributed by atoms with Crippen molar-refractivity contribution in [1.82, 2.24) is 24.6 Å². The van der Waals surface area contributed by atoms with E-state index in [4.69, 9.17) is 11.6 Å². The van der Waals surface area contributed by atoms with Crippen molar-refractivity contribution in [3.63, 3.8) is 0 Å². The Morgan fingerprint density at radius 1 is 1.09 bits per heavy atom. The molecule has 1 aromatic carbocycles. The number of anilines is 2. The molecule has 3 aliphatic heterocycles. The largest absolute Gasteiger partial charge is 0.355 e. The van der Waals surface area contributed by atoms with Gasteiger partial charge in [-0.25, -0.2) is 4.98 Å². The predicted octanol–water partition coefficient (Wildman–Crippen LogP) is 3.03. The van der Waals surface area contributed by atoms with Gasteiger partial charge in [-0.2, -0.15) is 4.39 Å². The number of hydrogen-bond donors (Lipinski definition) is 0. The molecule has 3 aromatic rings. The smallest absolute Gasteiger partial charge is 0.232 e. The van der Waals surface area contributed by atoms with Gasteiger partial charge < -0.3 is 14.7 Å². The average Bonchev–Trinajstić information content (AvgIpc) is 3.06. The summed E-state index contributed by atoms with van der Waals surface area (Å²) in [6.45, 7) is 6.13. The third kappa shape index (κ3) is 3.33. The molecule has 0 aliphatic carbocycles. The molecule has 6 rings (SSSR count). The first-order chi connectivity index (χ1) is 15.9. The minimum absolute atomic E-state index is 0.0716. The van der Waals surface area contributed by atoms with Crippen LogP contribution < -0.4 is 9.80 Å². The number of pyridine rings is 1. The normalized spacial score (nSPS) is 18.3. The lowest BCUT2D eigenvalue weighted by Gasteiger charge is -2.60. The van der Waals surface area contributed by atoms with Gasteiger partial charge in [-0.3, -0.25) is 9.36 Å². The number of fused-ring (bicyclic) bond motifs is 3. The number of aromatic nitrogens is 4. The first-order valence-electron chi connectivity index (χ1n) is 11.1. The summed E-state index contributed by atoms with van der Waals surface area (Å²) in [6, 6.07) is 10.6. The van der Waals surface area contributed by atoms with Crippen molar-refractivity contribution in [1.29, 1.82) is 0 Å². The molecule has 0 saturated carbocycles. The maximum absolute atomic E-state index is 13.5. The molecule has 0 radical (unpaired) electrons. The second-order valence-electron chi connectivity index (χ2n) is 9.16. The molecule has 0 atom stereocenters. The van der Waals surface area contributed by atoms with Crippen LogP contribution in [0, 0.1) is 11.4 Å². The monoisotopic (exact) mass is 467 g/mol. The van der Waals surface area contributed by atoms with Gasteiger partial charge in [-0.15, -0.1) is 10.2 Å². The Morgan fingerprint density at radius 2 is 1.88 bits per heavy atom. The fourth-order valence-corrected chi connectivity index (χ4v) is 5.39. The first-order valence-corrected chi connectivity index (χ1v) is 11.5. The van der Waals surface area contributed by atoms with Gasteiger partial charge in [0.2, 0.25) is 17.8 Å². The van der Waals surface area contributed by atoms with Gasteiger partial charge in [0.1, 0.15) is 5.82 Å². The van der Waals surface area contributed by atoms with Crippen LogP contribution in [0.2, 0.25) is 5.02 Å². The lowest BCUT2D eigenvalue weighted by Crippen LogP contribution is -2.73. The van der Waals surface area contributed by atoms with E-state index in [2.05, 4.69) is 29.5 Å². The highest BCUT2D eigenvalue weighted by Crippen LogP contribution is 2.44.